The molecule has 0 unspecified atom stereocenters. The molecule has 1 N–H and O–H groups in total. The molecule has 39 heavy (non-hydrogen) atoms. The SMILES string of the molecule is CSc1ccc(CN(C)CCCCc2ccc(NC(=O)c3cccc4c(=O)c5ccccc5sc34)cc2)cc1. The van der Waals surface area contributed by atoms with Gasteiger partial charge in [0.05, 0.1) is 10.3 Å². The van der Waals surface area contributed by atoms with Gasteiger partial charge in [0.1, 0.15) is 0 Å². The summed E-state index contributed by atoms with van der Waals surface area (Å²) in [6.45, 7) is 2.03. The van der Waals surface area contributed by atoms with Crippen LogP contribution < -0.4 is 10.7 Å². The van der Waals surface area contributed by atoms with Crippen molar-refractivity contribution in [2.45, 2.75) is 30.7 Å². The Morgan fingerprint density at radius 2 is 1.56 bits per heavy atom. The Hall–Kier alpha value is -3.45. The molecule has 198 valence electrons. The second-order valence-electron chi connectivity index (χ2n) is 9.80. The largest absolute Gasteiger partial charge is 0.322 e. The molecule has 0 fully saturated rings. The second kappa shape index (κ2) is 12.6. The van der Waals surface area contributed by atoms with E-state index in [1.807, 2.05) is 36.4 Å². The molecule has 0 saturated heterocycles. The summed E-state index contributed by atoms with van der Waals surface area (Å²) in [5.74, 6) is -0.203. The van der Waals surface area contributed by atoms with Gasteiger partial charge in [0, 0.05) is 32.6 Å². The summed E-state index contributed by atoms with van der Waals surface area (Å²) in [4.78, 5) is 29.8. The van der Waals surface area contributed by atoms with Crippen LogP contribution >= 0.6 is 23.1 Å². The summed E-state index contributed by atoms with van der Waals surface area (Å²) in [6.07, 6.45) is 5.36. The number of carbonyl (C=O) groups is 1. The first kappa shape index (κ1) is 27.1. The molecule has 6 heteroatoms. The average molecular weight is 553 g/mol. The van der Waals surface area contributed by atoms with Crippen LogP contribution in [0.1, 0.15) is 34.3 Å². The van der Waals surface area contributed by atoms with Crippen molar-refractivity contribution in [1.82, 2.24) is 4.90 Å². The standard InChI is InChI=1S/C33H32N2O2S2/c1-35(22-24-15-19-26(38-2)20-16-24)21-6-5-8-23-13-17-25(18-14-23)34-33(37)29-11-7-10-28-31(36)27-9-3-4-12-30(27)39-32(28)29/h3-4,7,9-20H,5-6,8,21-22H2,1-2H3,(H,34,37). The molecule has 5 rings (SSSR count). The van der Waals surface area contributed by atoms with Crippen molar-refractivity contribution in [3.8, 4) is 0 Å². The lowest BCUT2D eigenvalue weighted by molar-refractivity contribution is 0.102. The van der Waals surface area contributed by atoms with Crippen molar-refractivity contribution in [3.63, 3.8) is 0 Å². The summed E-state index contributed by atoms with van der Waals surface area (Å²) in [5.41, 5.74) is 3.85. The molecule has 0 spiro atoms. The molecule has 0 radical (unpaired) electrons. The van der Waals surface area contributed by atoms with E-state index in [2.05, 4.69) is 59.9 Å². The average Bonchev–Trinajstić information content (AvgIpc) is 2.96. The summed E-state index contributed by atoms with van der Waals surface area (Å²) >= 11 is 3.25. The zero-order valence-corrected chi connectivity index (χ0v) is 23.9. The number of aryl methyl sites for hydroxylation is 1. The topological polar surface area (TPSA) is 49.4 Å². The molecule has 1 amide bonds. The van der Waals surface area contributed by atoms with Crippen LogP contribution in [0.3, 0.4) is 0 Å². The molecular weight excluding hydrogens is 521 g/mol. The van der Waals surface area contributed by atoms with Crippen LogP contribution in [-0.4, -0.2) is 30.7 Å². The summed E-state index contributed by atoms with van der Waals surface area (Å²) in [5, 5.41) is 4.29. The first-order chi connectivity index (χ1) is 19.0. The number of nitrogens with one attached hydrogen (secondary N) is 1. The number of nitrogens with zero attached hydrogens (tertiary/aromatic N) is 1. The van der Waals surface area contributed by atoms with Gasteiger partial charge in [0.15, 0.2) is 5.43 Å². The quantitative estimate of drug-likeness (QED) is 0.109. The van der Waals surface area contributed by atoms with E-state index in [0.717, 1.165) is 47.4 Å². The molecule has 1 heterocycles. The minimum absolute atomic E-state index is 0.0330. The predicted molar refractivity (Wildman–Crippen MR) is 167 cm³/mol. The second-order valence-corrected chi connectivity index (χ2v) is 11.7. The van der Waals surface area contributed by atoms with Crippen molar-refractivity contribution in [3.05, 3.63) is 118 Å². The zero-order valence-electron chi connectivity index (χ0n) is 22.3. The van der Waals surface area contributed by atoms with Crippen molar-refractivity contribution in [2.75, 3.05) is 25.2 Å². The number of benzene rings is 4. The lowest BCUT2D eigenvalue weighted by Gasteiger charge is -2.16. The zero-order chi connectivity index (χ0) is 27.2. The third-order valence-electron chi connectivity index (χ3n) is 6.93. The Labute approximate surface area is 237 Å². The van der Waals surface area contributed by atoms with Crippen LogP contribution in [0.5, 0.6) is 0 Å². The predicted octanol–water partition coefficient (Wildman–Crippen LogP) is 7.84. The lowest BCUT2D eigenvalue weighted by Crippen LogP contribution is -2.19. The fraction of sp³-hybridized carbons (Fsp3) is 0.212. The molecule has 0 aliphatic rings. The minimum atomic E-state index is -0.203. The summed E-state index contributed by atoms with van der Waals surface area (Å²) in [6, 6.07) is 29.8. The number of fused-ring (bicyclic) bond motifs is 2. The van der Waals surface area contributed by atoms with Gasteiger partial charge in [-0.1, -0.05) is 42.5 Å². The van der Waals surface area contributed by atoms with Gasteiger partial charge in [0.25, 0.3) is 5.91 Å². The van der Waals surface area contributed by atoms with Crippen LogP contribution in [0.4, 0.5) is 5.69 Å². The fourth-order valence-electron chi connectivity index (χ4n) is 4.79. The molecule has 5 aromatic rings. The van der Waals surface area contributed by atoms with E-state index in [4.69, 9.17) is 0 Å². The van der Waals surface area contributed by atoms with Crippen LogP contribution in [0.25, 0.3) is 20.2 Å². The highest BCUT2D eigenvalue weighted by Gasteiger charge is 2.14. The Balaban J connectivity index is 1.15. The van der Waals surface area contributed by atoms with Crippen molar-refractivity contribution >= 4 is 54.9 Å². The number of hydrogen-bond donors (Lipinski definition) is 1. The van der Waals surface area contributed by atoms with E-state index in [-0.39, 0.29) is 11.3 Å². The molecule has 0 saturated carbocycles. The Morgan fingerprint density at radius 3 is 2.33 bits per heavy atom. The number of rotatable bonds is 10. The van der Waals surface area contributed by atoms with Gasteiger partial charge >= 0.3 is 0 Å². The maximum atomic E-state index is 13.2. The third kappa shape index (κ3) is 6.59. The van der Waals surface area contributed by atoms with Gasteiger partial charge in [-0.15, -0.1) is 23.1 Å². The Kier molecular flexibility index (Phi) is 8.77. The number of thioether (sulfide) groups is 1. The van der Waals surface area contributed by atoms with Crippen molar-refractivity contribution in [1.29, 1.82) is 0 Å². The van der Waals surface area contributed by atoms with E-state index in [0.29, 0.717) is 16.3 Å². The first-order valence-corrected chi connectivity index (χ1v) is 15.2. The van der Waals surface area contributed by atoms with Crippen LogP contribution in [0, 0.1) is 0 Å². The van der Waals surface area contributed by atoms with E-state index in [9.17, 15) is 9.59 Å². The third-order valence-corrected chi connectivity index (χ3v) is 8.89. The molecule has 0 bridgehead atoms. The molecule has 4 nitrogen and oxygen atoms in total. The van der Waals surface area contributed by atoms with Gasteiger partial charge in [-0.3, -0.25) is 9.59 Å². The Morgan fingerprint density at radius 1 is 0.846 bits per heavy atom. The van der Waals surface area contributed by atoms with Crippen LogP contribution in [-0.2, 0) is 13.0 Å². The summed E-state index contributed by atoms with van der Waals surface area (Å²) in [7, 11) is 2.18. The molecule has 0 aliphatic heterocycles. The van der Waals surface area contributed by atoms with Crippen LogP contribution in [0.15, 0.2) is 101 Å². The van der Waals surface area contributed by atoms with E-state index in [1.54, 1.807) is 30.0 Å². The number of carbonyl (C=O) groups excluding carboxylic acids is 1. The Bertz CT molecular complexity index is 1640. The molecule has 0 atom stereocenters. The van der Waals surface area contributed by atoms with Gasteiger partial charge in [0.2, 0.25) is 0 Å². The van der Waals surface area contributed by atoms with Crippen molar-refractivity contribution in [2.24, 2.45) is 0 Å². The highest BCUT2D eigenvalue weighted by Crippen LogP contribution is 2.28. The van der Waals surface area contributed by atoms with Crippen LogP contribution in [0.2, 0.25) is 0 Å². The fourth-order valence-corrected chi connectivity index (χ4v) is 6.38. The number of hydrogen-bond acceptors (Lipinski definition) is 5. The number of amides is 1. The van der Waals surface area contributed by atoms with Gasteiger partial charge in [-0.25, -0.2) is 0 Å². The highest BCUT2D eigenvalue weighted by molar-refractivity contribution is 7.98. The van der Waals surface area contributed by atoms with E-state index in [1.165, 1.54) is 27.4 Å². The smallest absolute Gasteiger partial charge is 0.257 e. The minimum Gasteiger partial charge on any atom is -0.322 e. The van der Waals surface area contributed by atoms with Crippen molar-refractivity contribution < 1.29 is 4.79 Å². The highest BCUT2D eigenvalue weighted by atomic mass is 32.2. The summed E-state index contributed by atoms with van der Waals surface area (Å²) < 4.78 is 1.60. The monoisotopic (exact) mass is 552 g/mol. The maximum Gasteiger partial charge on any atom is 0.257 e. The lowest BCUT2D eigenvalue weighted by atomic mass is 10.1. The molecule has 1 aromatic heterocycles. The molecule has 0 aliphatic carbocycles. The first-order valence-electron chi connectivity index (χ1n) is 13.2. The molecular formula is C33H32N2O2S2. The maximum absolute atomic E-state index is 13.2. The number of unbranched alkanes of at least 4 members (excludes halogenated alkanes) is 1. The van der Waals surface area contributed by atoms with Gasteiger partial charge < -0.3 is 10.2 Å². The number of anilines is 1. The normalized spacial score (nSPS) is 11.4. The molecule has 4 aromatic carbocycles. The van der Waals surface area contributed by atoms with Gasteiger partial charge in [-0.05, 0) is 98.8 Å². The van der Waals surface area contributed by atoms with Gasteiger partial charge in [-0.2, -0.15) is 0 Å². The van der Waals surface area contributed by atoms with E-state index >= 15 is 0 Å². The van der Waals surface area contributed by atoms with E-state index < -0.39 is 0 Å².